The number of methoxy groups -OCH3 is 1. The first kappa shape index (κ1) is 14.2. The number of ether oxygens (including phenoxy) is 1. The highest BCUT2D eigenvalue weighted by atomic mass is 79.9. The van der Waals surface area contributed by atoms with E-state index in [2.05, 4.69) is 29.8 Å². The Hall–Kier alpha value is -0.830. The Kier molecular flexibility index (Phi) is 5.19. The smallest absolute Gasteiger partial charge is 0.134 e. The number of ketones is 1. The molecule has 3 heteroatoms. The molecule has 1 rings (SSSR count). The van der Waals surface area contributed by atoms with Crippen LogP contribution in [0.4, 0.5) is 0 Å². The van der Waals surface area contributed by atoms with Crippen molar-refractivity contribution in [1.29, 1.82) is 0 Å². The normalized spacial score (nSPS) is 11.3. The molecule has 0 atom stereocenters. The predicted octanol–water partition coefficient (Wildman–Crippen LogP) is 3.72. The predicted molar refractivity (Wildman–Crippen MR) is 74.1 cm³/mol. The lowest BCUT2D eigenvalue weighted by Gasteiger charge is -2.26. The maximum Gasteiger partial charge on any atom is 0.134 e. The highest BCUT2D eigenvalue weighted by molar-refractivity contribution is 9.09. The van der Waals surface area contributed by atoms with Crippen LogP contribution in [0.1, 0.15) is 32.3 Å². The molecule has 0 aromatic heterocycles. The molecule has 0 saturated carbocycles. The van der Waals surface area contributed by atoms with Gasteiger partial charge in [-0.15, -0.1) is 0 Å². The Morgan fingerprint density at radius 3 is 2.59 bits per heavy atom. The van der Waals surface area contributed by atoms with Crippen LogP contribution in [0, 0.1) is 0 Å². The van der Waals surface area contributed by atoms with Crippen molar-refractivity contribution >= 4 is 21.7 Å². The second kappa shape index (κ2) is 6.20. The number of carbonyl (C=O) groups excluding carboxylic acids is 1. The van der Waals surface area contributed by atoms with Crippen LogP contribution in [0.15, 0.2) is 24.3 Å². The topological polar surface area (TPSA) is 26.3 Å². The van der Waals surface area contributed by atoms with Crippen LogP contribution < -0.4 is 4.74 Å². The molecule has 0 N–H and O–H groups in total. The number of halogens is 1. The summed E-state index contributed by atoms with van der Waals surface area (Å²) in [6, 6.07) is 7.89. The molecule has 0 bridgehead atoms. The van der Waals surface area contributed by atoms with E-state index in [0.717, 1.165) is 16.6 Å². The molecular formula is C14H19BrO2. The Labute approximate surface area is 111 Å². The van der Waals surface area contributed by atoms with E-state index in [1.54, 1.807) is 7.11 Å². The molecular weight excluding hydrogens is 280 g/mol. The number of carbonyl (C=O) groups is 1. The van der Waals surface area contributed by atoms with Crippen molar-refractivity contribution in [3.8, 4) is 5.75 Å². The van der Waals surface area contributed by atoms with Crippen LogP contribution in [0.5, 0.6) is 5.75 Å². The summed E-state index contributed by atoms with van der Waals surface area (Å²) in [4.78, 5) is 11.8. The second-order valence-corrected chi connectivity index (χ2v) is 5.53. The lowest BCUT2D eigenvalue weighted by atomic mass is 9.79. The van der Waals surface area contributed by atoms with Crippen molar-refractivity contribution < 1.29 is 9.53 Å². The molecule has 0 radical (unpaired) electrons. The minimum absolute atomic E-state index is 0.189. The Bertz CT molecular complexity index is 386. The van der Waals surface area contributed by atoms with Crippen LogP contribution in [0.3, 0.4) is 0 Å². The quantitative estimate of drug-likeness (QED) is 0.748. The van der Waals surface area contributed by atoms with Gasteiger partial charge in [0.05, 0.1) is 7.11 Å². The first-order valence-corrected chi connectivity index (χ1v) is 6.84. The first-order valence-electron chi connectivity index (χ1n) is 5.72. The molecule has 1 aromatic carbocycles. The summed E-state index contributed by atoms with van der Waals surface area (Å²) in [6.07, 6.45) is 1.12. The average Bonchev–Trinajstić information content (AvgIpc) is 2.28. The monoisotopic (exact) mass is 298 g/mol. The highest BCUT2D eigenvalue weighted by Gasteiger charge is 2.26. The molecule has 0 aliphatic heterocycles. The van der Waals surface area contributed by atoms with Crippen molar-refractivity contribution in [3.63, 3.8) is 0 Å². The summed E-state index contributed by atoms with van der Waals surface area (Å²) in [5, 5.41) is 0.730. The van der Waals surface area contributed by atoms with Gasteiger partial charge >= 0.3 is 0 Å². The van der Waals surface area contributed by atoms with E-state index < -0.39 is 0 Å². The number of hydrogen-bond acceptors (Lipinski definition) is 2. The van der Waals surface area contributed by atoms with Crippen LogP contribution in [0.25, 0.3) is 0 Å². The third-order valence-corrected chi connectivity index (χ3v) is 3.25. The van der Waals surface area contributed by atoms with Crippen LogP contribution in [0.2, 0.25) is 0 Å². The number of alkyl halides is 1. The fraction of sp³-hybridized carbons (Fsp3) is 0.500. The Morgan fingerprint density at radius 2 is 2.00 bits per heavy atom. The van der Waals surface area contributed by atoms with E-state index in [1.807, 2.05) is 24.3 Å². The van der Waals surface area contributed by atoms with E-state index in [1.165, 1.54) is 0 Å². The Morgan fingerprint density at radius 1 is 1.35 bits per heavy atom. The zero-order chi connectivity index (χ0) is 12.9. The van der Waals surface area contributed by atoms with Gasteiger partial charge in [0, 0.05) is 29.2 Å². The van der Waals surface area contributed by atoms with Gasteiger partial charge in [-0.25, -0.2) is 0 Å². The summed E-state index contributed by atoms with van der Waals surface area (Å²) < 4.78 is 5.35. The molecule has 0 saturated heterocycles. The van der Waals surface area contributed by atoms with Crippen molar-refractivity contribution in [3.05, 3.63) is 29.8 Å². The molecule has 94 valence electrons. The fourth-order valence-corrected chi connectivity index (χ4v) is 2.43. The van der Waals surface area contributed by atoms with Gasteiger partial charge in [-0.1, -0.05) is 48.0 Å². The molecule has 2 nitrogen and oxygen atoms in total. The zero-order valence-electron chi connectivity index (χ0n) is 10.6. The van der Waals surface area contributed by atoms with Crippen LogP contribution in [-0.2, 0) is 10.2 Å². The number of rotatable bonds is 6. The fourth-order valence-electron chi connectivity index (χ4n) is 1.99. The summed E-state index contributed by atoms with van der Waals surface area (Å²) in [7, 11) is 1.66. The summed E-state index contributed by atoms with van der Waals surface area (Å²) >= 11 is 3.30. The van der Waals surface area contributed by atoms with Gasteiger partial charge < -0.3 is 4.74 Å². The van der Waals surface area contributed by atoms with Gasteiger partial charge in [-0.2, -0.15) is 0 Å². The molecule has 0 aliphatic carbocycles. The van der Waals surface area contributed by atoms with Crippen molar-refractivity contribution in [2.24, 2.45) is 0 Å². The summed E-state index contributed by atoms with van der Waals surface area (Å²) in [6.45, 7) is 4.16. The van der Waals surface area contributed by atoms with Crippen molar-refractivity contribution in [1.82, 2.24) is 0 Å². The first-order chi connectivity index (χ1) is 8.01. The molecule has 0 amide bonds. The van der Waals surface area contributed by atoms with E-state index in [0.29, 0.717) is 12.8 Å². The highest BCUT2D eigenvalue weighted by Crippen LogP contribution is 2.34. The van der Waals surface area contributed by atoms with Gasteiger partial charge in [0.2, 0.25) is 0 Å². The maximum absolute atomic E-state index is 11.8. The van der Waals surface area contributed by atoms with E-state index >= 15 is 0 Å². The van der Waals surface area contributed by atoms with Gasteiger partial charge in [0.15, 0.2) is 0 Å². The lowest BCUT2D eigenvalue weighted by Crippen LogP contribution is -2.22. The lowest BCUT2D eigenvalue weighted by molar-refractivity contribution is -0.119. The minimum Gasteiger partial charge on any atom is -0.496 e. The zero-order valence-corrected chi connectivity index (χ0v) is 12.2. The molecule has 0 fully saturated rings. The molecule has 0 aliphatic rings. The third-order valence-electron chi connectivity index (χ3n) is 2.85. The molecule has 0 heterocycles. The third kappa shape index (κ3) is 3.84. The van der Waals surface area contributed by atoms with Gasteiger partial charge in [-0.05, 0) is 6.07 Å². The van der Waals surface area contributed by atoms with Crippen LogP contribution in [-0.4, -0.2) is 18.2 Å². The average molecular weight is 299 g/mol. The van der Waals surface area contributed by atoms with Gasteiger partial charge in [0.1, 0.15) is 11.5 Å². The van der Waals surface area contributed by atoms with E-state index in [9.17, 15) is 4.79 Å². The van der Waals surface area contributed by atoms with Crippen molar-refractivity contribution in [2.75, 3.05) is 12.4 Å². The standard InChI is InChI=1S/C14H19BrO2/c1-14(2,10-11(16)8-9-15)12-6-4-5-7-13(12)17-3/h4-7H,8-10H2,1-3H3. The molecule has 17 heavy (non-hydrogen) atoms. The summed E-state index contributed by atoms with van der Waals surface area (Å²) in [5.74, 6) is 1.13. The van der Waals surface area contributed by atoms with Crippen molar-refractivity contribution in [2.45, 2.75) is 32.1 Å². The van der Waals surface area contributed by atoms with E-state index in [-0.39, 0.29) is 11.2 Å². The number of hydrogen-bond donors (Lipinski definition) is 0. The van der Waals surface area contributed by atoms with Gasteiger partial charge in [-0.3, -0.25) is 4.79 Å². The SMILES string of the molecule is COc1ccccc1C(C)(C)CC(=O)CCBr. The molecule has 1 aromatic rings. The molecule has 0 unspecified atom stereocenters. The van der Waals surface area contributed by atoms with Crippen LogP contribution >= 0.6 is 15.9 Å². The maximum atomic E-state index is 11.8. The van der Waals surface area contributed by atoms with E-state index in [4.69, 9.17) is 4.74 Å². The number of para-hydroxylation sites is 1. The number of Topliss-reactive ketones (excluding diaryl/α,β-unsaturated/α-hetero) is 1. The minimum atomic E-state index is -0.189. The summed E-state index contributed by atoms with van der Waals surface area (Å²) in [5.41, 5.74) is 0.900. The number of benzene rings is 1. The Balaban J connectivity index is 2.92. The second-order valence-electron chi connectivity index (χ2n) is 4.74. The molecule has 0 spiro atoms. The largest absolute Gasteiger partial charge is 0.496 e. The van der Waals surface area contributed by atoms with Gasteiger partial charge in [0.25, 0.3) is 0 Å².